The highest BCUT2D eigenvalue weighted by Crippen LogP contribution is 2.26. The first-order valence-corrected chi connectivity index (χ1v) is 5.58. The Hall–Kier alpha value is -0.930. The summed E-state index contributed by atoms with van der Waals surface area (Å²) in [5, 5.41) is 3.12. The third-order valence-electron chi connectivity index (χ3n) is 2.85. The molecule has 0 spiro atoms. The quantitative estimate of drug-likeness (QED) is 0.787. The van der Waals surface area contributed by atoms with E-state index in [1.54, 1.807) is 0 Å². The van der Waals surface area contributed by atoms with E-state index < -0.39 is 0 Å². The van der Waals surface area contributed by atoms with E-state index in [4.69, 9.17) is 0 Å². The van der Waals surface area contributed by atoms with Crippen LogP contribution in [0.25, 0.3) is 0 Å². The molecule has 0 radical (unpaired) electrons. The van der Waals surface area contributed by atoms with Crippen LogP contribution in [0.4, 0.5) is 0 Å². The molecule has 0 unspecified atom stereocenters. The Kier molecular flexibility index (Phi) is 3.34. The van der Waals surface area contributed by atoms with Crippen molar-refractivity contribution < 1.29 is 0 Å². The first-order chi connectivity index (χ1) is 7.29. The minimum atomic E-state index is 0.809. The number of pyridine rings is 1. The zero-order valence-electron chi connectivity index (χ0n) is 9.53. The molecule has 0 atom stereocenters. The number of aromatic nitrogens is 1. The normalized spacial score (nSPS) is 15.9. The summed E-state index contributed by atoms with van der Waals surface area (Å²) in [7, 11) is 4.13. The van der Waals surface area contributed by atoms with E-state index >= 15 is 0 Å². The maximum atomic E-state index is 4.47. The van der Waals surface area contributed by atoms with Crippen molar-refractivity contribution >= 4 is 0 Å². The van der Waals surface area contributed by atoms with Crippen molar-refractivity contribution in [2.45, 2.75) is 32.0 Å². The van der Waals surface area contributed by atoms with Gasteiger partial charge in [0.15, 0.2) is 0 Å². The first-order valence-electron chi connectivity index (χ1n) is 5.58. The summed E-state index contributed by atoms with van der Waals surface area (Å²) in [6, 6.07) is 5.09. The topological polar surface area (TPSA) is 28.2 Å². The summed E-state index contributed by atoms with van der Waals surface area (Å²) in [4.78, 5) is 6.85. The van der Waals surface area contributed by atoms with Gasteiger partial charge in [-0.2, -0.15) is 0 Å². The molecule has 0 aliphatic heterocycles. The highest BCUT2D eigenvalue weighted by atomic mass is 15.2. The molecule has 1 aromatic rings. The summed E-state index contributed by atoms with van der Waals surface area (Å²) in [5.41, 5.74) is 2.42. The van der Waals surface area contributed by atoms with Gasteiger partial charge in [-0.15, -0.1) is 0 Å². The van der Waals surface area contributed by atoms with Gasteiger partial charge in [-0.1, -0.05) is 6.07 Å². The predicted octanol–water partition coefficient (Wildman–Crippen LogP) is 1.40. The molecule has 1 aliphatic carbocycles. The van der Waals surface area contributed by atoms with Crippen LogP contribution in [0.2, 0.25) is 0 Å². The van der Waals surface area contributed by atoms with E-state index in [9.17, 15) is 0 Å². The van der Waals surface area contributed by atoms with Crippen LogP contribution >= 0.6 is 0 Å². The molecular weight excluding hydrogens is 186 g/mol. The maximum absolute atomic E-state index is 4.47. The average Bonchev–Trinajstić information content (AvgIpc) is 3.04. The van der Waals surface area contributed by atoms with Crippen LogP contribution in [0, 0.1) is 0 Å². The Labute approximate surface area is 91.5 Å². The van der Waals surface area contributed by atoms with Crippen molar-refractivity contribution in [2.75, 3.05) is 14.1 Å². The second-order valence-corrected chi connectivity index (χ2v) is 4.33. The third kappa shape index (κ3) is 3.01. The van der Waals surface area contributed by atoms with Crippen LogP contribution in [0.5, 0.6) is 0 Å². The second-order valence-electron chi connectivity index (χ2n) is 4.33. The Balaban J connectivity index is 1.91. The molecule has 0 aromatic carbocycles. The number of rotatable bonds is 5. The number of nitrogens with zero attached hydrogens (tertiary/aromatic N) is 2. The fourth-order valence-corrected chi connectivity index (χ4v) is 1.76. The van der Waals surface area contributed by atoms with Gasteiger partial charge in [0.1, 0.15) is 0 Å². The maximum Gasteiger partial charge on any atom is 0.0544 e. The van der Waals surface area contributed by atoms with E-state index in [-0.39, 0.29) is 0 Å². The third-order valence-corrected chi connectivity index (χ3v) is 2.85. The van der Waals surface area contributed by atoms with Crippen molar-refractivity contribution in [1.29, 1.82) is 0 Å². The van der Waals surface area contributed by atoms with Crippen molar-refractivity contribution in [1.82, 2.24) is 15.2 Å². The van der Waals surface area contributed by atoms with Gasteiger partial charge in [0, 0.05) is 25.3 Å². The molecule has 15 heavy (non-hydrogen) atoms. The molecule has 1 heterocycles. The van der Waals surface area contributed by atoms with Crippen LogP contribution in [0.3, 0.4) is 0 Å². The van der Waals surface area contributed by atoms with Crippen LogP contribution in [0.1, 0.15) is 24.1 Å². The Morgan fingerprint density at radius 2 is 2.27 bits per heavy atom. The molecule has 0 bridgehead atoms. The van der Waals surface area contributed by atoms with Gasteiger partial charge in [-0.3, -0.25) is 9.88 Å². The lowest BCUT2D eigenvalue weighted by molar-refractivity contribution is 0.312. The lowest BCUT2D eigenvalue weighted by atomic mass is 10.2. The van der Waals surface area contributed by atoms with Crippen LogP contribution < -0.4 is 5.32 Å². The predicted molar refractivity (Wildman–Crippen MR) is 61.5 cm³/mol. The van der Waals surface area contributed by atoms with Gasteiger partial charge in [0.25, 0.3) is 0 Å². The van der Waals surface area contributed by atoms with E-state index in [0.717, 1.165) is 19.1 Å². The van der Waals surface area contributed by atoms with Gasteiger partial charge < -0.3 is 5.32 Å². The largest absolute Gasteiger partial charge is 0.316 e. The number of hydrogen-bond acceptors (Lipinski definition) is 3. The molecular formula is C12H19N3. The molecule has 2 rings (SSSR count). The minimum Gasteiger partial charge on any atom is -0.316 e. The molecule has 1 aromatic heterocycles. The second kappa shape index (κ2) is 4.73. The fourth-order valence-electron chi connectivity index (χ4n) is 1.76. The van der Waals surface area contributed by atoms with Crippen LogP contribution in [0.15, 0.2) is 18.3 Å². The Bertz CT molecular complexity index is 303. The molecule has 1 fully saturated rings. The van der Waals surface area contributed by atoms with Gasteiger partial charge >= 0.3 is 0 Å². The van der Waals surface area contributed by atoms with Crippen LogP contribution in [-0.4, -0.2) is 30.0 Å². The minimum absolute atomic E-state index is 0.809. The molecule has 82 valence electrons. The zero-order chi connectivity index (χ0) is 10.7. The smallest absolute Gasteiger partial charge is 0.0544 e. The summed E-state index contributed by atoms with van der Waals surface area (Å²) in [5.74, 6) is 0. The summed E-state index contributed by atoms with van der Waals surface area (Å²) < 4.78 is 0. The SMILES string of the molecule is CNCc1ccc(CN(C)C2CC2)nc1. The van der Waals surface area contributed by atoms with Gasteiger partial charge in [0.2, 0.25) is 0 Å². The highest BCUT2D eigenvalue weighted by molar-refractivity contribution is 5.14. The van der Waals surface area contributed by atoms with Crippen molar-refractivity contribution in [2.24, 2.45) is 0 Å². The van der Waals surface area contributed by atoms with E-state index in [1.807, 2.05) is 13.2 Å². The highest BCUT2D eigenvalue weighted by Gasteiger charge is 2.25. The van der Waals surface area contributed by atoms with Crippen LogP contribution in [-0.2, 0) is 13.1 Å². The first kappa shape index (κ1) is 10.6. The fraction of sp³-hybridized carbons (Fsp3) is 0.583. The van der Waals surface area contributed by atoms with Crippen molar-refractivity contribution in [3.05, 3.63) is 29.6 Å². The number of nitrogens with one attached hydrogen (secondary N) is 1. The molecule has 1 aliphatic rings. The van der Waals surface area contributed by atoms with Crippen molar-refractivity contribution in [3.63, 3.8) is 0 Å². The van der Waals surface area contributed by atoms with Gasteiger partial charge in [-0.05, 0) is 38.6 Å². The lowest BCUT2D eigenvalue weighted by Gasteiger charge is -2.14. The standard InChI is InChI=1S/C12H19N3/c1-13-7-10-3-4-11(14-8-10)9-15(2)12-5-6-12/h3-4,8,12-13H,5-7,9H2,1-2H3. The lowest BCUT2D eigenvalue weighted by Crippen LogP contribution is -2.20. The summed E-state index contributed by atoms with van der Waals surface area (Å²) in [6.07, 6.45) is 4.68. The molecule has 1 N–H and O–H groups in total. The molecule has 0 amide bonds. The number of hydrogen-bond donors (Lipinski definition) is 1. The molecule has 3 heteroatoms. The van der Waals surface area contributed by atoms with E-state index in [0.29, 0.717) is 0 Å². The zero-order valence-corrected chi connectivity index (χ0v) is 9.53. The average molecular weight is 205 g/mol. The van der Waals surface area contributed by atoms with Crippen molar-refractivity contribution in [3.8, 4) is 0 Å². The van der Waals surface area contributed by atoms with E-state index in [1.165, 1.54) is 24.1 Å². The van der Waals surface area contributed by atoms with Gasteiger partial charge in [-0.25, -0.2) is 0 Å². The Morgan fingerprint density at radius 3 is 2.80 bits per heavy atom. The summed E-state index contributed by atoms with van der Waals surface area (Å²) >= 11 is 0. The molecule has 1 saturated carbocycles. The monoisotopic (exact) mass is 205 g/mol. The Morgan fingerprint density at radius 1 is 1.47 bits per heavy atom. The van der Waals surface area contributed by atoms with E-state index in [2.05, 4.69) is 34.4 Å². The van der Waals surface area contributed by atoms with Gasteiger partial charge in [0.05, 0.1) is 5.69 Å². The molecule has 3 nitrogen and oxygen atoms in total. The summed E-state index contributed by atoms with van der Waals surface area (Å²) in [6.45, 7) is 1.87. The molecule has 0 saturated heterocycles.